The van der Waals surface area contributed by atoms with E-state index in [1.807, 2.05) is 13.8 Å². The van der Waals surface area contributed by atoms with Gasteiger partial charge in [-0.05, 0) is 68.1 Å². The first-order valence-electron chi connectivity index (χ1n) is 11.1. The maximum atomic E-state index is 13.0. The van der Waals surface area contributed by atoms with Crippen LogP contribution in [0.4, 0.5) is 11.4 Å². The summed E-state index contributed by atoms with van der Waals surface area (Å²) >= 11 is 15.9. The molecule has 0 aromatic heterocycles. The molecule has 1 aliphatic heterocycles. The van der Waals surface area contributed by atoms with Gasteiger partial charge in [-0.15, -0.1) is 23.2 Å². The Morgan fingerprint density at radius 3 is 2.17 bits per heavy atom. The number of amides is 3. The lowest BCUT2D eigenvalue weighted by molar-refractivity contribution is -0.122. The maximum absolute atomic E-state index is 13.0. The average Bonchev–Trinajstić information content (AvgIpc) is 3.05. The molecule has 4 rings (SSSR count). The molecule has 0 unspecified atom stereocenters. The number of hydrogen-bond acceptors (Lipinski definition) is 5. The Kier molecular flexibility index (Phi) is 7.54. The van der Waals surface area contributed by atoms with Gasteiger partial charge in [-0.25, -0.2) is 4.79 Å². The van der Waals surface area contributed by atoms with E-state index in [9.17, 15) is 19.2 Å². The minimum absolute atomic E-state index is 0.117. The van der Waals surface area contributed by atoms with Gasteiger partial charge in [0.15, 0.2) is 6.61 Å². The van der Waals surface area contributed by atoms with Crippen molar-refractivity contribution in [3.63, 3.8) is 0 Å². The molecule has 1 saturated heterocycles. The molecule has 1 heterocycles. The third-order valence-corrected chi connectivity index (χ3v) is 8.65. The second kappa shape index (κ2) is 10.3. The van der Waals surface area contributed by atoms with Crippen LogP contribution in [-0.4, -0.2) is 41.1 Å². The van der Waals surface area contributed by atoms with Crippen molar-refractivity contribution < 1.29 is 23.9 Å². The summed E-state index contributed by atoms with van der Waals surface area (Å²) < 4.78 is 6.12. The molecule has 10 heteroatoms. The highest BCUT2D eigenvalue weighted by atomic mass is 79.9. The van der Waals surface area contributed by atoms with E-state index < -0.39 is 30.3 Å². The topological polar surface area (TPSA) is 92.8 Å². The maximum Gasteiger partial charge on any atom is 0.338 e. The van der Waals surface area contributed by atoms with Crippen LogP contribution in [0, 0.1) is 25.7 Å². The van der Waals surface area contributed by atoms with E-state index in [1.54, 1.807) is 24.3 Å². The quantitative estimate of drug-likeness (QED) is 0.305. The zero-order valence-corrected chi connectivity index (χ0v) is 22.1. The molecule has 0 bridgehead atoms. The predicted octanol–water partition coefficient (Wildman–Crippen LogP) is 4.98. The highest BCUT2D eigenvalue weighted by Gasteiger charge is 2.52. The fourth-order valence-electron chi connectivity index (χ4n) is 4.55. The van der Waals surface area contributed by atoms with E-state index in [2.05, 4.69) is 21.2 Å². The minimum Gasteiger partial charge on any atom is -0.452 e. The highest BCUT2D eigenvalue weighted by Crippen LogP contribution is 2.43. The van der Waals surface area contributed by atoms with Crippen LogP contribution in [0.2, 0.25) is 0 Å². The van der Waals surface area contributed by atoms with E-state index in [1.165, 1.54) is 12.1 Å². The van der Waals surface area contributed by atoms with Crippen LogP contribution >= 0.6 is 39.1 Å². The van der Waals surface area contributed by atoms with Gasteiger partial charge < -0.3 is 10.1 Å². The van der Waals surface area contributed by atoms with E-state index in [0.717, 1.165) is 20.5 Å². The van der Waals surface area contributed by atoms with Crippen LogP contribution in [0.15, 0.2) is 40.9 Å². The number of halogens is 3. The number of alkyl halides is 2. The van der Waals surface area contributed by atoms with Gasteiger partial charge in [0, 0.05) is 10.2 Å². The third-order valence-electron chi connectivity index (χ3n) is 6.31. The fraction of sp³-hybridized carbons (Fsp3) is 0.360. The molecule has 2 aromatic carbocycles. The molecule has 0 radical (unpaired) electrons. The van der Waals surface area contributed by atoms with Gasteiger partial charge in [-0.1, -0.05) is 22.0 Å². The summed E-state index contributed by atoms with van der Waals surface area (Å²) in [7, 11) is 0. The number of aryl methyl sites for hydroxylation is 2. The lowest BCUT2D eigenvalue weighted by Crippen LogP contribution is -2.34. The van der Waals surface area contributed by atoms with E-state index in [0.29, 0.717) is 18.5 Å². The first-order chi connectivity index (χ1) is 16.6. The number of benzene rings is 2. The lowest BCUT2D eigenvalue weighted by atomic mass is 9.80. The number of hydrogen-bond donors (Lipinski definition) is 1. The van der Waals surface area contributed by atoms with Crippen molar-refractivity contribution in [3.05, 3.63) is 57.6 Å². The standard InChI is InChI=1S/C25H23BrCl2N2O5/c1-12-6-15(7-13(2)22(12)26)29-21(31)11-35-25(34)14-4-3-5-16(8-14)30-23(32)17-9-19(27)20(28)10-18(17)24(30)33/h3-8,17-20H,9-11H2,1-2H3,(H,29,31)/t17-,18-,19-,20+/m1/s1. The van der Waals surface area contributed by atoms with Crippen molar-refractivity contribution >= 4 is 74.2 Å². The van der Waals surface area contributed by atoms with Crippen LogP contribution < -0.4 is 10.2 Å². The number of nitrogens with one attached hydrogen (secondary N) is 1. The molecule has 2 fully saturated rings. The fourth-order valence-corrected chi connectivity index (χ4v) is 5.37. The molecule has 184 valence electrons. The molecule has 3 amide bonds. The molecule has 35 heavy (non-hydrogen) atoms. The summed E-state index contributed by atoms with van der Waals surface area (Å²) in [5.41, 5.74) is 2.90. The Labute approximate surface area is 221 Å². The van der Waals surface area contributed by atoms with Crippen molar-refractivity contribution in [2.45, 2.75) is 37.4 Å². The third kappa shape index (κ3) is 5.25. The second-order valence-electron chi connectivity index (χ2n) is 8.83. The Bertz CT molecular complexity index is 1170. The number of carbonyl (C=O) groups excluding carboxylic acids is 4. The number of rotatable bonds is 5. The lowest BCUT2D eigenvalue weighted by Gasteiger charge is -2.28. The van der Waals surface area contributed by atoms with Crippen LogP contribution in [0.3, 0.4) is 0 Å². The van der Waals surface area contributed by atoms with Crippen LogP contribution in [0.25, 0.3) is 0 Å². The average molecular weight is 582 g/mol. The smallest absolute Gasteiger partial charge is 0.338 e. The predicted molar refractivity (Wildman–Crippen MR) is 137 cm³/mol. The summed E-state index contributed by atoms with van der Waals surface area (Å²) in [6.45, 7) is 3.33. The van der Waals surface area contributed by atoms with Gasteiger partial charge in [0.05, 0.1) is 33.8 Å². The van der Waals surface area contributed by atoms with Gasteiger partial charge in [-0.3, -0.25) is 19.3 Å². The number of imide groups is 1. The summed E-state index contributed by atoms with van der Waals surface area (Å²) in [6.07, 6.45) is 0.658. The summed E-state index contributed by atoms with van der Waals surface area (Å²) in [5.74, 6) is -2.98. The largest absolute Gasteiger partial charge is 0.452 e. The second-order valence-corrected chi connectivity index (χ2v) is 10.7. The number of esters is 1. The monoisotopic (exact) mass is 580 g/mol. The summed E-state index contributed by atoms with van der Waals surface area (Å²) in [5, 5.41) is 1.94. The molecule has 7 nitrogen and oxygen atoms in total. The number of ether oxygens (including phenoxy) is 1. The first-order valence-corrected chi connectivity index (χ1v) is 12.7. The van der Waals surface area contributed by atoms with Crippen molar-refractivity contribution in [2.24, 2.45) is 11.8 Å². The van der Waals surface area contributed by atoms with Gasteiger partial charge in [0.25, 0.3) is 5.91 Å². The van der Waals surface area contributed by atoms with Gasteiger partial charge in [0.1, 0.15) is 0 Å². The van der Waals surface area contributed by atoms with Crippen molar-refractivity contribution in [3.8, 4) is 0 Å². The number of nitrogens with zero attached hydrogens (tertiary/aromatic N) is 1. The van der Waals surface area contributed by atoms with Gasteiger partial charge in [-0.2, -0.15) is 0 Å². The molecule has 4 atom stereocenters. The van der Waals surface area contributed by atoms with E-state index in [4.69, 9.17) is 27.9 Å². The van der Waals surface area contributed by atoms with Crippen molar-refractivity contribution in [1.29, 1.82) is 0 Å². The molecule has 2 aromatic rings. The minimum atomic E-state index is -0.747. The van der Waals surface area contributed by atoms with Gasteiger partial charge >= 0.3 is 5.97 Å². The molecular formula is C25H23BrCl2N2O5. The zero-order chi connectivity index (χ0) is 25.4. The van der Waals surface area contributed by atoms with Crippen molar-refractivity contribution in [2.75, 3.05) is 16.8 Å². The Hall–Kier alpha value is -2.42. The summed E-state index contributed by atoms with van der Waals surface area (Å²) in [6, 6.07) is 9.64. The SMILES string of the molecule is Cc1cc(NC(=O)COC(=O)c2cccc(N3C(=O)[C@@H]4C[C@@H](Cl)[C@@H](Cl)C[C@H]4C3=O)c2)cc(C)c1Br. The molecule has 0 spiro atoms. The van der Waals surface area contributed by atoms with Gasteiger partial charge in [0.2, 0.25) is 11.8 Å². The molecule has 1 N–H and O–H groups in total. The normalized spacial score (nSPS) is 23.7. The Morgan fingerprint density at radius 1 is 1.03 bits per heavy atom. The highest BCUT2D eigenvalue weighted by molar-refractivity contribution is 9.10. The number of fused-ring (bicyclic) bond motifs is 1. The van der Waals surface area contributed by atoms with Crippen LogP contribution in [0.1, 0.15) is 34.3 Å². The number of anilines is 2. The molecule has 1 saturated carbocycles. The Balaban J connectivity index is 1.42. The molecule has 1 aliphatic carbocycles. The van der Waals surface area contributed by atoms with Crippen LogP contribution in [-0.2, 0) is 19.1 Å². The number of carbonyl (C=O) groups is 4. The molecule has 2 aliphatic rings. The molecular weight excluding hydrogens is 559 g/mol. The van der Waals surface area contributed by atoms with E-state index >= 15 is 0 Å². The summed E-state index contributed by atoms with van der Waals surface area (Å²) in [4.78, 5) is 51.9. The van der Waals surface area contributed by atoms with Crippen LogP contribution in [0.5, 0.6) is 0 Å². The Morgan fingerprint density at radius 2 is 1.60 bits per heavy atom. The van der Waals surface area contributed by atoms with Crippen molar-refractivity contribution in [1.82, 2.24) is 0 Å². The van der Waals surface area contributed by atoms with E-state index in [-0.39, 0.29) is 33.8 Å². The first kappa shape index (κ1) is 25.7. The zero-order valence-electron chi connectivity index (χ0n) is 19.0.